The Hall–Kier alpha value is 0.177. The van der Waals surface area contributed by atoms with Crippen molar-refractivity contribution in [3.63, 3.8) is 0 Å². The molecule has 1 atom stereocenters. The van der Waals surface area contributed by atoms with Crippen LogP contribution in [0, 0.1) is 0 Å². The van der Waals surface area contributed by atoms with Gasteiger partial charge in [-0.3, -0.25) is 0 Å². The number of rotatable bonds is 4. The van der Waals surface area contributed by atoms with E-state index >= 15 is 0 Å². The van der Waals surface area contributed by atoms with E-state index in [1.807, 2.05) is 0 Å². The minimum Gasteiger partial charge on any atom is -0.382 e. The van der Waals surface area contributed by atoms with Crippen molar-refractivity contribution in [2.45, 2.75) is 45.1 Å². The number of hydrogen-bond acceptors (Lipinski definition) is 1. The highest BCUT2D eigenvalue weighted by atomic mass is 28.3. The predicted octanol–water partition coefficient (Wildman–Crippen LogP) is 2.75. The number of hydrogen-bond donors (Lipinski definition) is 0. The molecule has 0 rings (SSSR count). The lowest BCUT2D eigenvalue weighted by molar-refractivity contribution is 0.115. The van der Waals surface area contributed by atoms with Crippen molar-refractivity contribution in [1.29, 1.82) is 0 Å². The van der Waals surface area contributed by atoms with E-state index in [0.717, 1.165) is 0 Å². The second-order valence-electron chi connectivity index (χ2n) is 4.15. The lowest BCUT2D eigenvalue weighted by atomic mass is 10.3. The lowest BCUT2D eigenvalue weighted by Gasteiger charge is -2.17. The highest BCUT2D eigenvalue weighted by molar-refractivity contribution is 6.76. The maximum absolute atomic E-state index is 5.17. The van der Waals surface area contributed by atoms with Crippen molar-refractivity contribution < 1.29 is 4.74 Å². The Kier molecular flexibility index (Phi) is 4.21. The van der Waals surface area contributed by atoms with Gasteiger partial charge in [0.15, 0.2) is 0 Å². The minimum atomic E-state index is -0.816. The maximum Gasteiger partial charge on any atom is 0.0540 e. The lowest BCUT2D eigenvalue weighted by Crippen LogP contribution is -2.21. The van der Waals surface area contributed by atoms with Crippen LogP contribution in [0.5, 0.6) is 0 Å². The maximum atomic E-state index is 5.17. The van der Waals surface area contributed by atoms with Gasteiger partial charge in [-0.2, -0.15) is 0 Å². The quantitative estimate of drug-likeness (QED) is 0.575. The topological polar surface area (TPSA) is 9.23 Å². The van der Waals surface area contributed by atoms with Crippen LogP contribution in [0.25, 0.3) is 0 Å². The fourth-order valence-corrected chi connectivity index (χ4v) is 2.03. The van der Waals surface area contributed by atoms with Crippen LogP contribution in [-0.2, 0) is 4.74 Å². The summed E-state index contributed by atoms with van der Waals surface area (Å²) in [5.41, 5.74) is 0. The van der Waals surface area contributed by atoms with Crippen LogP contribution in [0.3, 0.4) is 0 Å². The zero-order valence-corrected chi connectivity index (χ0v) is 8.90. The molecule has 2 heteroatoms. The van der Waals surface area contributed by atoms with E-state index < -0.39 is 8.07 Å². The first-order valence-electron chi connectivity index (χ1n) is 3.98. The van der Waals surface area contributed by atoms with E-state index in [9.17, 15) is 0 Å². The van der Waals surface area contributed by atoms with Crippen LogP contribution in [-0.4, -0.2) is 21.3 Å². The van der Waals surface area contributed by atoms with Crippen LogP contribution in [0.4, 0.5) is 0 Å². The van der Waals surface area contributed by atoms with Crippen molar-refractivity contribution in [3.05, 3.63) is 0 Å². The highest BCUT2D eigenvalue weighted by Gasteiger charge is 2.13. The third-order valence-corrected chi connectivity index (χ3v) is 3.49. The molecular formula is C8H20OSi. The molecule has 0 radical (unpaired) electrons. The fraction of sp³-hybridized carbons (Fsp3) is 1.00. The van der Waals surface area contributed by atoms with E-state index in [2.05, 4.69) is 26.6 Å². The summed E-state index contributed by atoms with van der Waals surface area (Å²) >= 11 is 0. The van der Waals surface area contributed by atoms with Crippen LogP contribution >= 0.6 is 0 Å². The van der Waals surface area contributed by atoms with Crippen LogP contribution in [0.2, 0.25) is 25.7 Å². The fourth-order valence-electron chi connectivity index (χ4n) is 0.754. The molecule has 0 aromatic carbocycles. The average molecular weight is 160 g/mol. The Bertz CT molecular complexity index is 85.7. The van der Waals surface area contributed by atoms with Crippen molar-refractivity contribution in [1.82, 2.24) is 0 Å². The molecule has 10 heavy (non-hydrogen) atoms. The smallest absolute Gasteiger partial charge is 0.0540 e. The molecule has 0 aliphatic rings. The first kappa shape index (κ1) is 10.2. The van der Waals surface area contributed by atoms with Gasteiger partial charge in [0.1, 0.15) is 0 Å². The summed E-state index contributed by atoms with van der Waals surface area (Å²) in [6.45, 7) is 9.33. The average Bonchev–Trinajstić information content (AvgIpc) is 1.81. The Morgan fingerprint density at radius 1 is 1.30 bits per heavy atom. The molecule has 0 saturated heterocycles. The van der Waals surface area contributed by atoms with E-state index in [1.54, 1.807) is 7.11 Å². The number of methoxy groups -OCH3 is 1. The molecule has 0 saturated carbocycles. The monoisotopic (exact) mass is 160 g/mol. The molecule has 0 heterocycles. The zero-order valence-electron chi connectivity index (χ0n) is 7.90. The molecule has 1 nitrogen and oxygen atoms in total. The Morgan fingerprint density at radius 2 is 1.80 bits per heavy atom. The van der Waals surface area contributed by atoms with Crippen molar-refractivity contribution in [2.24, 2.45) is 0 Å². The second kappa shape index (κ2) is 4.14. The third kappa shape index (κ3) is 6.30. The summed E-state index contributed by atoms with van der Waals surface area (Å²) in [4.78, 5) is 0. The van der Waals surface area contributed by atoms with Gasteiger partial charge in [0.2, 0.25) is 0 Å². The Balaban J connectivity index is 3.36. The third-order valence-electron chi connectivity index (χ3n) is 1.70. The standard InChI is InChI=1S/C8H20OSi/c1-8(9-2)6-7-10(3,4)5/h8H,6-7H2,1-5H3. The van der Waals surface area contributed by atoms with E-state index in [-0.39, 0.29) is 0 Å². The molecular weight excluding hydrogens is 140 g/mol. The van der Waals surface area contributed by atoms with Crippen LogP contribution in [0.15, 0.2) is 0 Å². The van der Waals surface area contributed by atoms with Crippen molar-refractivity contribution >= 4 is 8.07 Å². The van der Waals surface area contributed by atoms with E-state index in [4.69, 9.17) is 4.74 Å². The zero-order chi connectivity index (χ0) is 8.20. The normalized spacial score (nSPS) is 15.3. The molecule has 0 fully saturated rings. The van der Waals surface area contributed by atoms with Gasteiger partial charge in [0.25, 0.3) is 0 Å². The molecule has 0 aliphatic heterocycles. The van der Waals surface area contributed by atoms with Gasteiger partial charge in [-0.05, 0) is 13.3 Å². The summed E-state index contributed by atoms with van der Waals surface area (Å²) in [6, 6.07) is 1.38. The van der Waals surface area contributed by atoms with Gasteiger partial charge in [-0.1, -0.05) is 25.7 Å². The molecule has 0 amide bonds. The van der Waals surface area contributed by atoms with Gasteiger partial charge in [0, 0.05) is 15.2 Å². The van der Waals surface area contributed by atoms with E-state index in [1.165, 1.54) is 12.5 Å². The van der Waals surface area contributed by atoms with Crippen LogP contribution < -0.4 is 0 Å². The Labute approximate surface area is 65.8 Å². The SMILES string of the molecule is COC(C)CC[Si](C)(C)C. The van der Waals surface area contributed by atoms with Gasteiger partial charge < -0.3 is 4.74 Å². The van der Waals surface area contributed by atoms with Gasteiger partial charge in [0.05, 0.1) is 6.10 Å². The van der Waals surface area contributed by atoms with E-state index in [0.29, 0.717) is 6.10 Å². The van der Waals surface area contributed by atoms with Gasteiger partial charge in [-0.25, -0.2) is 0 Å². The van der Waals surface area contributed by atoms with Crippen LogP contribution in [0.1, 0.15) is 13.3 Å². The predicted molar refractivity (Wildman–Crippen MR) is 49.2 cm³/mol. The summed E-state index contributed by atoms with van der Waals surface area (Å²) in [6.07, 6.45) is 1.68. The van der Waals surface area contributed by atoms with Crippen molar-refractivity contribution in [3.8, 4) is 0 Å². The molecule has 0 aliphatic carbocycles. The molecule has 62 valence electrons. The molecule has 1 unspecified atom stereocenters. The first-order chi connectivity index (χ1) is 4.45. The molecule has 0 N–H and O–H groups in total. The minimum absolute atomic E-state index is 0.451. The number of ether oxygens (including phenoxy) is 1. The molecule has 0 aromatic heterocycles. The van der Waals surface area contributed by atoms with Gasteiger partial charge >= 0.3 is 0 Å². The molecule has 0 aromatic rings. The summed E-state index contributed by atoms with van der Waals surface area (Å²) < 4.78 is 5.17. The highest BCUT2D eigenvalue weighted by Crippen LogP contribution is 2.13. The summed E-state index contributed by atoms with van der Waals surface area (Å²) in [5, 5.41) is 0. The molecule has 0 bridgehead atoms. The Morgan fingerprint density at radius 3 is 2.10 bits per heavy atom. The van der Waals surface area contributed by atoms with Gasteiger partial charge in [-0.15, -0.1) is 0 Å². The second-order valence-corrected chi connectivity index (χ2v) is 9.77. The molecule has 0 spiro atoms. The first-order valence-corrected chi connectivity index (χ1v) is 7.69. The largest absolute Gasteiger partial charge is 0.382 e. The summed E-state index contributed by atoms with van der Waals surface area (Å²) in [7, 11) is 0.970. The van der Waals surface area contributed by atoms with Crippen molar-refractivity contribution in [2.75, 3.05) is 7.11 Å². The summed E-state index contributed by atoms with van der Waals surface area (Å²) in [5.74, 6) is 0.